The molecule has 110 valence electrons. The van der Waals surface area contributed by atoms with E-state index >= 15 is 0 Å². The highest BCUT2D eigenvalue weighted by Gasteiger charge is 2.42. The molecule has 0 atom stereocenters. The Hall–Kier alpha value is -1.64. The maximum Gasteiger partial charge on any atom is 0.340 e. The Morgan fingerprint density at radius 3 is 2.70 bits per heavy atom. The van der Waals surface area contributed by atoms with Gasteiger partial charge in [0.2, 0.25) is 11.8 Å². The van der Waals surface area contributed by atoms with Gasteiger partial charge in [-0.2, -0.15) is 13.8 Å². The van der Waals surface area contributed by atoms with Crippen molar-refractivity contribution in [2.75, 3.05) is 19.0 Å². The summed E-state index contributed by atoms with van der Waals surface area (Å²) in [5.41, 5.74) is 0. The van der Waals surface area contributed by atoms with Gasteiger partial charge in [0.1, 0.15) is 4.83 Å². The second kappa shape index (κ2) is 5.39. The number of thiophene rings is 1. The lowest BCUT2D eigenvalue weighted by atomic mass is 10.3. The number of fused-ring (bicyclic) bond motifs is 1. The van der Waals surface area contributed by atoms with E-state index in [1.54, 1.807) is 13.1 Å². The summed E-state index contributed by atoms with van der Waals surface area (Å²) < 4.78 is 54.8. The van der Waals surface area contributed by atoms with Crippen molar-refractivity contribution in [1.29, 1.82) is 0 Å². The van der Waals surface area contributed by atoms with Crippen molar-refractivity contribution in [3.8, 4) is 5.88 Å². The van der Waals surface area contributed by atoms with Gasteiger partial charge in [0.25, 0.3) is 0 Å². The highest BCUT2D eigenvalue weighted by Crippen LogP contribution is 2.32. The van der Waals surface area contributed by atoms with Gasteiger partial charge in [-0.05, 0) is 13.0 Å². The molecule has 0 saturated heterocycles. The van der Waals surface area contributed by atoms with Crippen molar-refractivity contribution >= 4 is 27.5 Å². The van der Waals surface area contributed by atoms with E-state index < -0.39 is 19.0 Å². The van der Waals surface area contributed by atoms with E-state index in [4.69, 9.17) is 4.74 Å². The minimum absolute atomic E-state index is 0.135. The molecule has 0 radical (unpaired) electrons. The Morgan fingerprint density at radius 2 is 2.10 bits per heavy atom. The SMILES string of the molecule is CNc1nc(OCC(F)(F)C(F)F)c2cc(C)sc2n1. The molecule has 1 N–H and O–H groups in total. The number of hydrogen-bond acceptors (Lipinski definition) is 5. The lowest BCUT2D eigenvalue weighted by Crippen LogP contribution is -2.34. The fourth-order valence-corrected chi connectivity index (χ4v) is 2.34. The number of aryl methyl sites for hydroxylation is 1. The summed E-state index contributed by atoms with van der Waals surface area (Å²) in [6.45, 7) is 0.373. The van der Waals surface area contributed by atoms with Gasteiger partial charge < -0.3 is 10.1 Å². The third-order valence-electron chi connectivity index (χ3n) is 2.43. The summed E-state index contributed by atoms with van der Waals surface area (Å²) in [4.78, 5) is 9.44. The summed E-state index contributed by atoms with van der Waals surface area (Å²) in [6.07, 6.45) is -3.78. The number of halogens is 4. The minimum atomic E-state index is -4.22. The van der Waals surface area contributed by atoms with Crippen molar-refractivity contribution in [3.63, 3.8) is 0 Å². The fourth-order valence-electron chi connectivity index (χ4n) is 1.47. The van der Waals surface area contributed by atoms with E-state index in [-0.39, 0.29) is 11.8 Å². The molecule has 2 aromatic heterocycles. The number of hydrogen-bond donors (Lipinski definition) is 1. The highest BCUT2D eigenvalue weighted by atomic mass is 32.1. The largest absolute Gasteiger partial charge is 0.470 e. The molecule has 0 fully saturated rings. The first kappa shape index (κ1) is 14.8. The lowest BCUT2D eigenvalue weighted by molar-refractivity contribution is -0.148. The number of ether oxygens (including phenoxy) is 1. The molecule has 0 aliphatic heterocycles. The summed E-state index contributed by atoms with van der Waals surface area (Å²) in [7, 11) is 1.55. The molecule has 0 spiro atoms. The molecule has 0 unspecified atom stereocenters. The number of nitrogens with zero attached hydrogens (tertiary/aromatic N) is 2. The Balaban J connectivity index is 2.33. The molecule has 0 aliphatic carbocycles. The Labute approximate surface area is 115 Å². The molecular weight excluding hydrogens is 298 g/mol. The smallest absolute Gasteiger partial charge is 0.340 e. The maximum atomic E-state index is 12.9. The first-order valence-electron chi connectivity index (χ1n) is 5.58. The molecule has 0 saturated carbocycles. The summed E-state index contributed by atoms with van der Waals surface area (Å²) in [6, 6.07) is 1.66. The van der Waals surface area contributed by atoms with Gasteiger partial charge in [0, 0.05) is 11.9 Å². The van der Waals surface area contributed by atoms with Crippen LogP contribution in [0.2, 0.25) is 0 Å². The monoisotopic (exact) mass is 309 g/mol. The van der Waals surface area contributed by atoms with Crippen LogP contribution in [0.15, 0.2) is 6.07 Å². The first-order valence-corrected chi connectivity index (χ1v) is 6.40. The fraction of sp³-hybridized carbons (Fsp3) is 0.455. The van der Waals surface area contributed by atoms with Crippen LogP contribution in [0.25, 0.3) is 10.2 Å². The van der Waals surface area contributed by atoms with E-state index in [2.05, 4.69) is 15.3 Å². The van der Waals surface area contributed by atoms with Gasteiger partial charge in [-0.15, -0.1) is 11.3 Å². The van der Waals surface area contributed by atoms with Gasteiger partial charge >= 0.3 is 12.3 Å². The van der Waals surface area contributed by atoms with Gasteiger partial charge in [0.15, 0.2) is 6.61 Å². The Bertz CT molecular complexity index is 617. The number of aromatic nitrogens is 2. The lowest BCUT2D eigenvalue weighted by Gasteiger charge is -2.16. The predicted octanol–water partition coefficient (Wildman–Crippen LogP) is 3.32. The van der Waals surface area contributed by atoms with Crippen molar-refractivity contribution in [3.05, 3.63) is 10.9 Å². The predicted molar refractivity (Wildman–Crippen MR) is 68.1 cm³/mol. The number of anilines is 1. The van der Waals surface area contributed by atoms with Crippen LogP contribution < -0.4 is 10.1 Å². The summed E-state index contributed by atoms with van der Waals surface area (Å²) >= 11 is 1.33. The Morgan fingerprint density at radius 1 is 1.40 bits per heavy atom. The molecule has 0 aliphatic rings. The molecule has 2 rings (SSSR count). The van der Waals surface area contributed by atoms with Crippen molar-refractivity contribution in [2.24, 2.45) is 0 Å². The summed E-state index contributed by atoms with van der Waals surface area (Å²) in [5.74, 6) is -4.18. The van der Waals surface area contributed by atoms with E-state index in [1.165, 1.54) is 11.3 Å². The van der Waals surface area contributed by atoms with Crippen LogP contribution in [0.3, 0.4) is 0 Å². The molecule has 0 aromatic carbocycles. The van der Waals surface area contributed by atoms with Crippen molar-refractivity contribution < 1.29 is 22.3 Å². The summed E-state index contributed by atoms with van der Waals surface area (Å²) in [5, 5.41) is 3.08. The zero-order chi connectivity index (χ0) is 14.9. The third-order valence-corrected chi connectivity index (χ3v) is 3.37. The quantitative estimate of drug-likeness (QED) is 0.861. The van der Waals surface area contributed by atoms with Crippen LogP contribution in [-0.2, 0) is 0 Å². The van der Waals surface area contributed by atoms with E-state index in [1.807, 2.05) is 6.92 Å². The maximum absolute atomic E-state index is 12.9. The molecule has 0 amide bonds. The van der Waals surface area contributed by atoms with Crippen LogP contribution >= 0.6 is 11.3 Å². The third kappa shape index (κ3) is 2.92. The molecule has 20 heavy (non-hydrogen) atoms. The van der Waals surface area contributed by atoms with Crippen LogP contribution in [0.4, 0.5) is 23.5 Å². The molecule has 2 aromatic rings. The van der Waals surface area contributed by atoms with Gasteiger partial charge in [-0.1, -0.05) is 0 Å². The standard InChI is InChI=1S/C11H11F4N3OS/c1-5-3-6-7(19-4-11(14,15)9(12)13)17-10(16-2)18-8(6)20-5/h3,9H,4H2,1-2H3,(H,16,17,18). The minimum Gasteiger partial charge on any atom is -0.470 e. The number of rotatable bonds is 5. The van der Waals surface area contributed by atoms with Crippen LogP contribution in [0.5, 0.6) is 5.88 Å². The van der Waals surface area contributed by atoms with E-state index in [0.29, 0.717) is 10.2 Å². The molecule has 9 heteroatoms. The number of alkyl halides is 4. The van der Waals surface area contributed by atoms with Crippen molar-refractivity contribution in [1.82, 2.24) is 9.97 Å². The van der Waals surface area contributed by atoms with Crippen LogP contribution in [-0.4, -0.2) is 36.0 Å². The van der Waals surface area contributed by atoms with Crippen LogP contribution in [0, 0.1) is 6.92 Å². The average Bonchev–Trinajstić information content (AvgIpc) is 2.75. The second-order valence-electron chi connectivity index (χ2n) is 4.03. The van der Waals surface area contributed by atoms with Gasteiger partial charge in [-0.25, -0.2) is 13.8 Å². The van der Waals surface area contributed by atoms with E-state index in [9.17, 15) is 17.6 Å². The molecular formula is C11H11F4N3OS. The number of nitrogens with one attached hydrogen (secondary N) is 1. The zero-order valence-electron chi connectivity index (χ0n) is 10.6. The molecule has 0 bridgehead atoms. The first-order chi connectivity index (χ1) is 9.33. The normalized spacial score (nSPS) is 12.2. The Kier molecular flexibility index (Phi) is 3.98. The van der Waals surface area contributed by atoms with Crippen LogP contribution in [0.1, 0.15) is 4.88 Å². The second-order valence-corrected chi connectivity index (χ2v) is 5.26. The van der Waals surface area contributed by atoms with Gasteiger partial charge in [-0.3, -0.25) is 0 Å². The topological polar surface area (TPSA) is 47.0 Å². The molecule has 4 nitrogen and oxygen atoms in total. The average molecular weight is 309 g/mol. The van der Waals surface area contributed by atoms with Crippen molar-refractivity contribution in [2.45, 2.75) is 19.3 Å². The zero-order valence-corrected chi connectivity index (χ0v) is 11.4. The van der Waals surface area contributed by atoms with Gasteiger partial charge in [0.05, 0.1) is 5.39 Å². The highest BCUT2D eigenvalue weighted by molar-refractivity contribution is 7.18. The molecule has 2 heterocycles. The van der Waals surface area contributed by atoms with E-state index in [0.717, 1.165) is 4.88 Å².